The van der Waals surface area contributed by atoms with E-state index in [2.05, 4.69) is 5.32 Å². The van der Waals surface area contributed by atoms with Crippen LogP contribution in [0.1, 0.15) is 54.9 Å². The second kappa shape index (κ2) is 10.5. The minimum atomic E-state index is -1.13. The molecule has 0 radical (unpaired) electrons. The van der Waals surface area contributed by atoms with Crippen molar-refractivity contribution in [2.45, 2.75) is 38.6 Å². The van der Waals surface area contributed by atoms with E-state index >= 15 is 0 Å². The molecule has 3 atom stereocenters. The zero-order chi connectivity index (χ0) is 28.8. The van der Waals surface area contributed by atoms with Gasteiger partial charge in [0, 0.05) is 17.5 Å². The van der Waals surface area contributed by atoms with Gasteiger partial charge in [-0.1, -0.05) is 62.4 Å². The minimum absolute atomic E-state index is 0.262. The Morgan fingerprint density at radius 2 is 1.29 bits per heavy atom. The van der Waals surface area contributed by atoms with Gasteiger partial charge in [0.1, 0.15) is 11.8 Å². The molecule has 1 heterocycles. The predicted octanol–water partition coefficient (Wildman–Crippen LogP) is 4.48. The van der Waals surface area contributed by atoms with E-state index in [1.165, 1.54) is 0 Å². The van der Waals surface area contributed by atoms with Crippen LogP contribution in [-0.4, -0.2) is 47.8 Å². The van der Waals surface area contributed by atoms with Crippen molar-refractivity contribution in [2.75, 3.05) is 18.5 Å². The molecule has 3 aromatic rings. The molecule has 1 fully saturated rings. The van der Waals surface area contributed by atoms with Crippen LogP contribution in [0.5, 0.6) is 5.75 Å². The van der Waals surface area contributed by atoms with Gasteiger partial charge in [0.2, 0.25) is 11.8 Å². The molecule has 41 heavy (non-hydrogen) atoms. The zero-order valence-electron chi connectivity index (χ0n) is 23.2. The Balaban J connectivity index is 1.22. The highest BCUT2D eigenvalue weighted by molar-refractivity contribution is 6.10. The van der Waals surface area contributed by atoms with Crippen molar-refractivity contribution in [1.82, 2.24) is 4.90 Å². The third-order valence-electron chi connectivity index (χ3n) is 8.43. The molecule has 3 aromatic carbocycles. The fraction of sp³-hybridized carbons (Fsp3) is 0.333. The Kier molecular flexibility index (Phi) is 6.85. The summed E-state index contributed by atoms with van der Waals surface area (Å²) in [5.74, 6) is -3.44. The molecule has 7 rings (SSSR count). The van der Waals surface area contributed by atoms with Crippen molar-refractivity contribution in [2.24, 2.45) is 17.8 Å². The highest BCUT2D eigenvalue weighted by Gasteiger charge is 2.63. The number of imide groups is 1. The van der Waals surface area contributed by atoms with Gasteiger partial charge in [-0.25, -0.2) is 4.79 Å². The van der Waals surface area contributed by atoms with E-state index in [1.54, 1.807) is 38.1 Å². The molecule has 3 aliphatic carbocycles. The summed E-state index contributed by atoms with van der Waals surface area (Å²) in [6.45, 7) is 5.41. The number of nitrogens with one attached hydrogen (secondary N) is 1. The molecule has 210 valence electrons. The first kappa shape index (κ1) is 26.7. The van der Waals surface area contributed by atoms with Crippen LogP contribution in [0.25, 0.3) is 0 Å². The SMILES string of the molecule is CCOc1ccc(NC(=O)COC(=O)[C@H](C(C)C)N2C(=O)[C@@H]3C4c5ccccc5C(c5ccccc54)[C@@H]3C2=O)cc1. The maximum Gasteiger partial charge on any atom is 0.330 e. The smallest absolute Gasteiger partial charge is 0.330 e. The van der Waals surface area contributed by atoms with Gasteiger partial charge in [-0.05, 0) is 59.4 Å². The molecule has 0 spiro atoms. The molecule has 0 aromatic heterocycles. The predicted molar refractivity (Wildman–Crippen MR) is 151 cm³/mol. The number of hydrogen-bond acceptors (Lipinski definition) is 6. The first-order valence-electron chi connectivity index (χ1n) is 14.1. The van der Waals surface area contributed by atoms with Crippen molar-refractivity contribution in [3.63, 3.8) is 0 Å². The van der Waals surface area contributed by atoms with Gasteiger partial charge in [0.25, 0.3) is 5.91 Å². The number of esters is 1. The van der Waals surface area contributed by atoms with Gasteiger partial charge in [-0.15, -0.1) is 0 Å². The van der Waals surface area contributed by atoms with Crippen LogP contribution in [0.4, 0.5) is 5.69 Å². The van der Waals surface area contributed by atoms with Crippen molar-refractivity contribution >= 4 is 29.4 Å². The number of ether oxygens (including phenoxy) is 2. The first-order valence-corrected chi connectivity index (χ1v) is 14.1. The Hall–Kier alpha value is -4.46. The summed E-state index contributed by atoms with van der Waals surface area (Å²) in [5, 5.41) is 2.68. The Morgan fingerprint density at radius 1 is 0.805 bits per heavy atom. The Morgan fingerprint density at radius 3 is 1.73 bits per heavy atom. The van der Waals surface area contributed by atoms with E-state index in [1.807, 2.05) is 55.5 Å². The van der Waals surface area contributed by atoms with Gasteiger partial charge in [0.05, 0.1) is 18.4 Å². The third-order valence-corrected chi connectivity index (χ3v) is 8.43. The van der Waals surface area contributed by atoms with Crippen LogP contribution < -0.4 is 10.1 Å². The number of rotatable bonds is 8. The van der Waals surface area contributed by atoms with E-state index < -0.39 is 42.3 Å². The lowest BCUT2D eigenvalue weighted by Crippen LogP contribution is -2.49. The number of carbonyl (C=O) groups is 4. The number of carbonyl (C=O) groups excluding carboxylic acids is 4. The van der Waals surface area contributed by atoms with Crippen molar-refractivity contribution in [3.05, 3.63) is 95.1 Å². The quantitative estimate of drug-likeness (QED) is 0.327. The average molecular weight is 553 g/mol. The van der Waals surface area contributed by atoms with E-state index in [9.17, 15) is 19.2 Å². The second-order valence-corrected chi connectivity index (χ2v) is 11.1. The molecule has 0 saturated carbocycles. The van der Waals surface area contributed by atoms with Crippen LogP contribution in [0.2, 0.25) is 0 Å². The highest BCUT2D eigenvalue weighted by Crippen LogP contribution is 2.61. The lowest BCUT2D eigenvalue weighted by molar-refractivity contribution is -0.162. The van der Waals surface area contributed by atoms with Crippen molar-refractivity contribution in [3.8, 4) is 5.75 Å². The van der Waals surface area contributed by atoms with Crippen molar-refractivity contribution in [1.29, 1.82) is 0 Å². The number of benzene rings is 3. The van der Waals surface area contributed by atoms with Gasteiger partial charge in [-0.3, -0.25) is 19.3 Å². The Bertz CT molecular complexity index is 1420. The van der Waals surface area contributed by atoms with Gasteiger partial charge < -0.3 is 14.8 Å². The molecule has 3 amide bonds. The topological polar surface area (TPSA) is 102 Å². The molecule has 1 aliphatic heterocycles. The van der Waals surface area contributed by atoms with Crippen LogP contribution in [0.3, 0.4) is 0 Å². The minimum Gasteiger partial charge on any atom is -0.494 e. The largest absolute Gasteiger partial charge is 0.494 e. The molecule has 8 nitrogen and oxygen atoms in total. The van der Waals surface area contributed by atoms with Crippen molar-refractivity contribution < 1.29 is 28.7 Å². The Labute approximate surface area is 238 Å². The molecule has 8 heteroatoms. The fourth-order valence-corrected chi connectivity index (χ4v) is 6.87. The van der Waals surface area contributed by atoms with E-state index in [0.29, 0.717) is 18.0 Å². The number of likely N-dealkylation sites (tertiary alicyclic amines) is 1. The summed E-state index contributed by atoms with van der Waals surface area (Å²) in [6, 6.07) is 21.7. The third kappa shape index (κ3) is 4.38. The highest BCUT2D eigenvalue weighted by atomic mass is 16.5. The first-order chi connectivity index (χ1) is 19.8. The summed E-state index contributed by atoms with van der Waals surface area (Å²) in [7, 11) is 0. The molecule has 2 bridgehead atoms. The van der Waals surface area contributed by atoms with Gasteiger partial charge >= 0.3 is 5.97 Å². The number of amides is 3. The lowest BCUT2D eigenvalue weighted by Gasteiger charge is -2.45. The standard InChI is InChI=1S/C33H32N2O6/c1-4-40-20-15-13-19(14-16-20)34-25(36)17-41-33(39)30(18(2)3)35-31(37)28-26-21-9-5-6-10-22(21)27(29(28)32(35)38)24-12-8-7-11-23(24)26/h5-16,18,26-30H,4,17H2,1-3H3,(H,34,36)/t26?,27?,28-,29+,30-/m0/s1. The van der Waals surface area contributed by atoms with Crippen LogP contribution >= 0.6 is 0 Å². The summed E-state index contributed by atoms with van der Waals surface area (Å²) < 4.78 is 10.8. The second-order valence-electron chi connectivity index (χ2n) is 11.1. The van der Waals surface area contributed by atoms with Gasteiger partial charge in [0.15, 0.2) is 6.61 Å². The maximum atomic E-state index is 14.1. The fourth-order valence-electron chi connectivity index (χ4n) is 6.87. The summed E-state index contributed by atoms with van der Waals surface area (Å²) in [6.07, 6.45) is 0. The summed E-state index contributed by atoms with van der Waals surface area (Å²) in [4.78, 5) is 55.2. The maximum absolute atomic E-state index is 14.1. The van der Waals surface area contributed by atoms with Crippen LogP contribution in [0.15, 0.2) is 72.8 Å². The van der Waals surface area contributed by atoms with Crippen LogP contribution in [-0.2, 0) is 23.9 Å². The molecule has 1 saturated heterocycles. The van der Waals surface area contributed by atoms with Gasteiger partial charge in [-0.2, -0.15) is 0 Å². The molecular formula is C33H32N2O6. The van der Waals surface area contributed by atoms with Crippen LogP contribution in [0, 0.1) is 17.8 Å². The monoisotopic (exact) mass is 552 g/mol. The zero-order valence-corrected chi connectivity index (χ0v) is 23.2. The van der Waals surface area contributed by atoms with E-state index in [4.69, 9.17) is 9.47 Å². The number of nitrogens with zero attached hydrogens (tertiary/aromatic N) is 1. The molecule has 0 unspecified atom stereocenters. The normalized spacial score (nSPS) is 22.6. The summed E-state index contributed by atoms with van der Waals surface area (Å²) in [5.41, 5.74) is 4.79. The van der Waals surface area contributed by atoms with E-state index in [0.717, 1.165) is 27.2 Å². The molecular weight excluding hydrogens is 520 g/mol. The molecule has 4 aliphatic rings. The summed E-state index contributed by atoms with van der Waals surface area (Å²) >= 11 is 0. The average Bonchev–Trinajstić information content (AvgIpc) is 3.23. The molecule has 1 N–H and O–H groups in total. The number of hydrogen-bond donors (Lipinski definition) is 1. The number of anilines is 1. The lowest BCUT2D eigenvalue weighted by atomic mass is 9.55. The van der Waals surface area contributed by atoms with E-state index in [-0.39, 0.29) is 23.7 Å².